The number of rotatable bonds is 6. The first-order valence-corrected chi connectivity index (χ1v) is 5.82. The first-order valence-electron chi connectivity index (χ1n) is 5.82. The van der Waals surface area contributed by atoms with Crippen molar-refractivity contribution in [3.8, 4) is 0 Å². The third-order valence-corrected chi connectivity index (χ3v) is 2.59. The number of aromatic nitrogens is 3. The number of primary amides is 1. The van der Waals surface area contributed by atoms with E-state index in [-0.39, 0.29) is 6.54 Å². The van der Waals surface area contributed by atoms with Gasteiger partial charge in [0.15, 0.2) is 0 Å². The minimum absolute atomic E-state index is 0.0709. The molecule has 1 heterocycles. The number of nitrogens with zero attached hydrogens (tertiary/aromatic N) is 3. The smallest absolute Gasteiger partial charge is 0.318 e. The summed E-state index contributed by atoms with van der Waals surface area (Å²) in [7, 11) is 0. The highest BCUT2D eigenvalue weighted by molar-refractivity contribution is 5.93. The highest BCUT2D eigenvalue weighted by Crippen LogP contribution is 2.27. The summed E-state index contributed by atoms with van der Waals surface area (Å²) >= 11 is 0. The molecule has 8 heteroatoms. The van der Waals surface area contributed by atoms with Crippen LogP contribution < -0.4 is 16.4 Å². The molecule has 0 saturated heterocycles. The van der Waals surface area contributed by atoms with E-state index in [1.165, 1.54) is 17.5 Å². The van der Waals surface area contributed by atoms with Gasteiger partial charge in [-0.3, -0.25) is 10.1 Å². The van der Waals surface area contributed by atoms with Gasteiger partial charge in [-0.2, -0.15) is 0 Å². The van der Waals surface area contributed by atoms with Crippen molar-refractivity contribution in [3.63, 3.8) is 0 Å². The molecule has 2 rings (SSSR count). The Labute approximate surface area is 104 Å². The fourth-order valence-corrected chi connectivity index (χ4v) is 1.55. The Morgan fingerprint density at radius 3 is 2.94 bits per heavy atom. The molecular weight excluding hydrogens is 236 g/mol. The molecule has 0 unspecified atom stereocenters. The van der Waals surface area contributed by atoms with Crippen molar-refractivity contribution >= 4 is 11.9 Å². The highest BCUT2D eigenvalue weighted by Gasteiger charge is 2.20. The van der Waals surface area contributed by atoms with Crippen molar-refractivity contribution in [3.05, 3.63) is 11.9 Å². The SMILES string of the molecule is NC(=O)NC(=O)Cn1cc(CNCC2CC2)nn1. The predicted molar refractivity (Wildman–Crippen MR) is 62.2 cm³/mol. The summed E-state index contributed by atoms with van der Waals surface area (Å²) in [6, 6.07) is -0.869. The summed E-state index contributed by atoms with van der Waals surface area (Å²) in [4.78, 5) is 21.7. The van der Waals surface area contributed by atoms with Crippen molar-refractivity contribution < 1.29 is 9.59 Å². The fraction of sp³-hybridized carbons (Fsp3) is 0.600. The topological polar surface area (TPSA) is 115 Å². The average Bonchev–Trinajstić information content (AvgIpc) is 2.99. The molecule has 0 aromatic carbocycles. The summed E-state index contributed by atoms with van der Waals surface area (Å²) in [5.74, 6) is 0.297. The Morgan fingerprint density at radius 2 is 2.28 bits per heavy atom. The molecule has 1 fully saturated rings. The van der Waals surface area contributed by atoms with E-state index in [9.17, 15) is 9.59 Å². The molecule has 1 aromatic rings. The van der Waals surface area contributed by atoms with Gasteiger partial charge in [-0.1, -0.05) is 5.21 Å². The van der Waals surface area contributed by atoms with E-state index in [4.69, 9.17) is 5.73 Å². The number of nitrogens with one attached hydrogen (secondary N) is 2. The van der Waals surface area contributed by atoms with Crippen molar-refractivity contribution in [1.82, 2.24) is 25.6 Å². The Morgan fingerprint density at radius 1 is 1.50 bits per heavy atom. The van der Waals surface area contributed by atoms with Gasteiger partial charge in [0, 0.05) is 6.54 Å². The lowest BCUT2D eigenvalue weighted by Crippen LogP contribution is -2.37. The van der Waals surface area contributed by atoms with Crippen LogP contribution in [0.5, 0.6) is 0 Å². The molecule has 0 spiro atoms. The molecule has 1 aromatic heterocycles. The zero-order valence-corrected chi connectivity index (χ0v) is 9.93. The first kappa shape index (κ1) is 12.5. The largest absolute Gasteiger partial charge is 0.351 e. The maximum absolute atomic E-state index is 11.2. The molecule has 0 bridgehead atoms. The standard InChI is InChI=1S/C10H16N6O2/c11-10(18)13-9(17)6-16-5-8(14-15-16)4-12-3-7-1-2-7/h5,7,12H,1-4,6H2,(H3,11,13,17,18). The highest BCUT2D eigenvalue weighted by atomic mass is 16.2. The van der Waals surface area contributed by atoms with Crippen LogP contribution in [-0.2, 0) is 17.9 Å². The first-order chi connectivity index (χ1) is 8.63. The van der Waals surface area contributed by atoms with E-state index < -0.39 is 11.9 Å². The predicted octanol–water partition coefficient (Wildman–Crippen LogP) is -1.03. The second-order valence-corrected chi connectivity index (χ2v) is 4.39. The Bertz CT molecular complexity index is 439. The van der Waals surface area contributed by atoms with Gasteiger partial charge in [-0.05, 0) is 25.3 Å². The third-order valence-electron chi connectivity index (χ3n) is 2.59. The normalized spacial score (nSPS) is 14.4. The minimum atomic E-state index is -0.869. The fourth-order valence-electron chi connectivity index (χ4n) is 1.55. The van der Waals surface area contributed by atoms with Crippen LogP contribution >= 0.6 is 0 Å². The maximum atomic E-state index is 11.2. The molecule has 0 aliphatic heterocycles. The summed E-state index contributed by atoms with van der Waals surface area (Å²) in [6.07, 6.45) is 4.26. The molecule has 1 aliphatic carbocycles. The van der Waals surface area contributed by atoms with Gasteiger partial charge in [0.2, 0.25) is 5.91 Å². The number of carbonyl (C=O) groups is 2. The van der Waals surface area contributed by atoms with Crippen molar-refractivity contribution in [2.75, 3.05) is 6.54 Å². The lowest BCUT2D eigenvalue weighted by atomic mass is 10.4. The van der Waals surface area contributed by atoms with Crippen LogP contribution in [0.4, 0.5) is 4.79 Å². The Kier molecular flexibility index (Phi) is 3.88. The number of nitrogens with two attached hydrogens (primary N) is 1. The van der Waals surface area contributed by atoms with E-state index in [0.29, 0.717) is 6.54 Å². The van der Waals surface area contributed by atoms with Crippen molar-refractivity contribution in [1.29, 1.82) is 0 Å². The monoisotopic (exact) mass is 252 g/mol. The van der Waals surface area contributed by atoms with E-state index in [1.807, 2.05) is 5.32 Å². The van der Waals surface area contributed by atoms with Gasteiger partial charge in [-0.15, -0.1) is 5.10 Å². The zero-order chi connectivity index (χ0) is 13.0. The molecule has 1 aliphatic rings. The minimum Gasteiger partial charge on any atom is -0.351 e. The molecule has 4 N–H and O–H groups in total. The van der Waals surface area contributed by atoms with Crippen LogP contribution in [-0.4, -0.2) is 33.5 Å². The van der Waals surface area contributed by atoms with Gasteiger partial charge >= 0.3 is 6.03 Å². The number of imide groups is 1. The summed E-state index contributed by atoms with van der Waals surface area (Å²) < 4.78 is 1.37. The number of carbonyl (C=O) groups excluding carboxylic acids is 2. The van der Waals surface area contributed by atoms with Crippen LogP contribution in [0.1, 0.15) is 18.5 Å². The number of hydrogen-bond donors (Lipinski definition) is 3. The van der Waals surface area contributed by atoms with E-state index in [0.717, 1.165) is 18.2 Å². The number of hydrogen-bond acceptors (Lipinski definition) is 5. The molecular formula is C10H16N6O2. The summed E-state index contributed by atoms with van der Waals surface area (Å²) in [5.41, 5.74) is 5.59. The summed E-state index contributed by atoms with van der Waals surface area (Å²) in [6.45, 7) is 1.56. The second-order valence-electron chi connectivity index (χ2n) is 4.39. The average molecular weight is 252 g/mol. The van der Waals surface area contributed by atoms with Gasteiger partial charge in [0.05, 0.1) is 11.9 Å². The third kappa shape index (κ3) is 4.13. The zero-order valence-electron chi connectivity index (χ0n) is 9.93. The lowest BCUT2D eigenvalue weighted by molar-refractivity contribution is -0.120. The van der Waals surface area contributed by atoms with Gasteiger partial charge < -0.3 is 11.1 Å². The van der Waals surface area contributed by atoms with Gasteiger partial charge in [-0.25, -0.2) is 9.48 Å². The van der Waals surface area contributed by atoms with Gasteiger partial charge in [0.25, 0.3) is 0 Å². The Balaban J connectivity index is 1.74. The maximum Gasteiger partial charge on any atom is 0.318 e. The van der Waals surface area contributed by atoms with E-state index in [1.54, 1.807) is 6.20 Å². The molecule has 98 valence electrons. The molecule has 0 atom stereocenters. The molecule has 0 radical (unpaired) electrons. The molecule has 3 amide bonds. The number of amides is 3. The van der Waals surface area contributed by atoms with Gasteiger partial charge in [0.1, 0.15) is 6.54 Å². The van der Waals surface area contributed by atoms with Crippen LogP contribution in [0.15, 0.2) is 6.20 Å². The van der Waals surface area contributed by atoms with E-state index >= 15 is 0 Å². The lowest BCUT2D eigenvalue weighted by Gasteiger charge is -2.00. The number of urea groups is 1. The molecule has 18 heavy (non-hydrogen) atoms. The van der Waals surface area contributed by atoms with Crippen molar-refractivity contribution in [2.24, 2.45) is 11.7 Å². The molecule has 1 saturated carbocycles. The summed E-state index contributed by atoms with van der Waals surface area (Å²) in [5, 5.41) is 12.9. The van der Waals surface area contributed by atoms with Crippen LogP contribution in [0.2, 0.25) is 0 Å². The Hall–Kier alpha value is -1.96. The van der Waals surface area contributed by atoms with Crippen molar-refractivity contribution in [2.45, 2.75) is 25.9 Å². The van der Waals surface area contributed by atoms with Crippen LogP contribution in [0, 0.1) is 5.92 Å². The second kappa shape index (κ2) is 5.58. The van der Waals surface area contributed by atoms with Crippen LogP contribution in [0.3, 0.4) is 0 Å². The van der Waals surface area contributed by atoms with Crippen LogP contribution in [0.25, 0.3) is 0 Å². The van der Waals surface area contributed by atoms with E-state index in [2.05, 4.69) is 15.6 Å². The molecule has 8 nitrogen and oxygen atoms in total. The quantitative estimate of drug-likeness (QED) is 0.599.